The van der Waals surface area contributed by atoms with Crippen LogP contribution in [0.25, 0.3) is 0 Å². The molecule has 0 heterocycles. The van der Waals surface area contributed by atoms with Gasteiger partial charge in [-0.1, -0.05) is 123 Å². The van der Waals surface area contributed by atoms with E-state index in [1.54, 1.807) is 0 Å². The fourth-order valence-electron chi connectivity index (χ4n) is 7.63. The molecule has 4 heteroatoms. The van der Waals surface area contributed by atoms with Gasteiger partial charge in [0.15, 0.2) is 0 Å². The Morgan fingerprint density at radius 2 is 0.556 bits per heavy atom. The average molecular weight is 745 g/mol. The Morgan fingerprint density at radius 1 is 0.333 bits per heavy atom. The Hall–Kier alpha value is -5.00. The predicted molar refractivity (Wildman–Crippen MR) is 236 cm³/mol. The maximum absolute atomic E-state index is 6.85. The third kappa shape index (κ3) is 7.79. The molecule has 0 spiro atoms. The van der Waals surface area contributed by atoms with Crippen molar-refractivity contribution in [3.8, 4) is 11.5 Å². The summed E-state index contributed by atoms with van der Waals surface area (Å²) in [5.41, 5.74) is 2.37. The molecule has 0 aliphatic heterocycles. The molecule has 7 aromatic carbocycles. The van der Waals surface area contributed by atoms with E-state index in [-0.39, 0.29) is 0 Å². The molecule has 0 fully saturated rings. The molecule has 0 atom stereocenters. The minimum atomic E-state index is -2.21. The van der Waals surface area contributed by atoms with Crippen LogP contribution in [0, 0.1) is 0 Å². The Balaban J connectivity index is 1.48. The first-order valence-electron chi connectivity index (χ1n) is 19.2. The molecule has 270 valence electrons. The van der Waals surface area contributed by atoms with Crippen LogP contribution >= 0.6 is 14.5 Å². The van der Waals surface area contributed by atoms with E-state index >= 15 is 0 Å². The Kier molecular flexibility index (Phi) is 12.4. The number of benzene rings is 7. The molecular formula is C50H50O2P2+2. The van der Waals surface area contributed by atoms with E-state index in [0.29, 0.717) is 13.2 Å². The van der Waals surface area contributed by atoms with Gasteiger partial charge in [-0.25, -0.2) is 0 Å². The second-order valence-corrected chi connectivity index (χ2v) is 20.7. The van der Waals surface area contributed by atoms with Crippen LogP contribution in [0.2, 0.25) is 0 Å². The standard InChI is InChI=1S/C50H50O2P2/c1-3-35-51-49-37-42(40-54(46-29-17-8-18-30-46,47-31-19-9-20-32-47)48-33-21-10-22-34-48)50(52-36-4-2)38-41(49)39-53(43-23-11-5-12-24-43,44-25-13-6-14-26-44)45-27-15-7-16-28-45/h5-34,37-38H,3-4,35-36,39-40H2,1-2H3/q+2. The van der Waals surface area contributed by atoms with Gasteiger partial charge in [-0.05, 0) is 97.8 Å². The van der Waals surface area contributed by atoms with Crippen molar-refractivity contribution >= 4 is 46.4 Å². The van der Waals surface area contributed by atoms with Crippen molar-refractivity contribution in [3.63, 3.8) is 0 Å². The Morgan fingerprint density at radius 3 is 0.759 bits per heavy atom. The van der Waals surface area contributed by atoms with Crippen molar-refractivity contribution in [2.45, 2.75) is 39.0 Å². The van der Waals surface area contributed by atoms with Crippen LogP contribution in [-0.4, -0.2) is 13.2 Å². The molecule has 0 aliphatic carbocycles. The van der Waals surface area contributed by atoms with Crippen LogP contribution in [0.15, 0.2) is 194 Å². The summed E-state index contributed by atoms with van der Waals surface area (Å²) in [6.07, 6.45) is 3.47. The van der Waals surface area contributed by atoms with Crippen LogP contribution in [0.3, 0.4) is 0 Å². The lowest BCUT2D eigenvalue weighted by atomic mass is 10.1. The zero-order valence-corrected chi connectivity index (χ0v) is 33.2. The summed E-state index contributed by atoms with van der Waals surface area (Å²) >= 11 is 0. The fourth-order valence-corrected chi connectivity index (χ4v) is 16.1. The molecule has 0 saturated heterocycles. The lowest BCUT2D eigenvalue weighted by Gasteiger charge is -2.30. The van der Waals surface area contributed by atoms with E-state index in [1.165, 1.54) is 43.0 Å². The van der Waals surface area contributed by atoms with E-state index < -0.39 is 14.5 Å². The maximum atomic E-state index is 6.85. The van der Waals surface area contributed by atoms with Crippen LogP contribution in [0.4, 0.5) is 0 Å². The maximum Gasteiger partial charge on any atom is 0.126 e. The van der Waals surface area contributed by atoms with Crippen LogP contribution < -0.4 is 41.3 Å². The largest absolute Gasteiger partial charge is 0.493 e. The second kappa shape index (κ2) is 17.9. The van der Waals surface area contributed by atoms with Gasteiger partial charge in [0.2, 0.25) is 0 Å². The highest BCUT2D eigenvalue weighted by Gasteiger charge is 2.48. The molecule has 54 heavy (non-hydrogen) atoms. The van der Waals surface area contributed by atoms with E-state index in [2.05, 4.69) is 208 Å². The topological polar surface area (TPSA) is 18.5 Å². The molecule has 7 aromatic rings. The van der Waals surface area contributed by atoms with Crippen molar-refractivity contribution in [2.75, 3.05) is 13.2 Å². The number of rotatable bonds is 16. The SMILES string of the molecule is CCCOc1cc(C[P+](c2ccccc2)(c2ccccc2)c2ccccc2)c(OCCC)cc1C[P+](c1ccccc1)(c1ccccc1)c1ccccc1. The lowest BCUT2D eigenvalue weighted by Crippen LogP contribution is -2.33. The fraction of sp³-hybridized carbons (Fsp3) is 0.160. The van der Waals surface area contributed by atoms with Gasteiger partial charge < -0.3 is 9.47 Å². The molecular weight excluding hydrogens is 694 g/mol. The first kappa shape index (κ1) is 37.3. The second-order valence-electron chi connectivity index (χ2n) is 13.7. The molecule has 2 nitrogen and oxygen atoms in total. The first-order valence-corrected chi connectivity index (χ1v) is 23.1. The number of hydrogen-bond acceptors (Lipinski definition) is 2. The molecule has 7 rings (SSSR count). The molecule has 0 unspecified atom stereocenters. The quantitative estimate of drug-likeness (QED) is 0.0918. The summed E-state index contributed by atoms with van der Waals surface area (Å²) in [5.74, 6) is 1.91. The summed E-state index contributed by atoms with van der Waals surface area (Å²) in [6, 6.07) is 71.5. The molecule has 0 radical (unpaired) electrons. The molecule has 0 aliphatic rings. The van der Waals surface area contributed by atoms with Gasteiger partial charge in [0.25, 0.3) is 0 Å². The van der Waals surface area contributed by atoms with Crippen molar-refractivity contribution in [1.82, 2.24) is 0 Å². The van der Waals surface area contributed by atoms with Gasteiger partial charge in [-0.2, -0.15) is 0 Å². The lowest BCUT2D eigenvalue weighted by molar-refractivity contribution is 0.305. The van der Waals surface area contributed by atoms with Crippen molar-refractivity contribution < 1.29 is 9.47 Å². The van der Waals surface area contributed by atoms with E-state index in [1.807, 2.05) is 0 Å². The highest BCUT2D eigenvalue weighted by Crippen LogP contribution is 2.62. The average Bonchev–Trinajstić information content (AvgIpc) is 3.25. The number of hydrogen-bond donors (Lipinski definition) is 0. The summed E-state index contributed by atoms with van der Waals surface area (Å²) in [7, 11) is -4.42. The van der Waals surface area contributed by atoms with Crippen LogP contribution in [0.5, 0.6) is 11.5 Å². The molecule has 0 saturated carbocycles. The molecule has 0 N–H and O–H groups in total. The van der Waals surface area contributed by atoms with E-state index in [9.17, 15) is 0 Å². The highest BCUT2D eigenvalue weighted by molar-refractivity contribution is 7.95. The summed E-state index contributed by atoms with van der Waals surface area (Å²) in [6.45, 7) is 5.66. The van der Waals surface area contributed by atoms with Crippen molar-refractivity contribution in [3.05, 3.63) is 205 Å². The summed E-state index contributed by atoms with van der Waals surface area (Å²) < 4.78 is 13.7. The summed E-state index contributed by atoms with van der Waals surface area (Å²) in [4.78, 5) is 0. The van der Waals surface area contributed by atoms with Crippen molar-refractivity contribution in [1.29, 1.82) is 0 Å². The summed E-state index contributed by atoms with van der Waals surface area (Å²) in [5, 5.41) is 8.12. The van der Waals surface area contributed by atoms with Crippen molar-refractivity contribution in [2.24, 2.45) is 0 Å². The minimum absolute atomic E-state index is 0.644. The van der Waals surface area contributed by atoms with Gasteiger partial charge in [-0.3, -0.25) is 0 Å². The Labute approximate surface area is 323 Å². The van der Waals surface area contributed by atoms with Gasteiger partial charge in [0.1, 0.15) is 70.2 Å². The van der Waals surface area contributed by atoms with E-state index in [0.717, 1.165) is 36.7 Å². The van der Waals surface area contributed by atoms with Crippen LogP contribution in [-0.2, 0) is 12.3 Å². The van der Waals surface area contributed by atoms with Gasteiger partial charge >= 0.3 is 0 Å². The van der Waals surface area contributed by atoms with E-state index in [4.69, 9.17) is 9.47 Å². The van der Waals surface area contributed by atoms with Gasteiger partial charge in [0.05, 0.1) is 13.2 Å². The molecule has 0 bridgehead atoms. The van der Waals surface area contributed by atoms with Crippen LogP contribution in [0.1, 0.15) is 37.8 Å². The highest BCUT2D eigenvalue weighted by atomic mass is 31.2. The minimum Gasteiger partial charge on any atom is -0.493 e. The monoisotopic (exact) mass is 744 g/mol. The third-order valence-corrected chi connectivity index (χ3v) is 18.9. The van der Waals surface area contributed by atoms with Gasteiger partial charge in [0, 0.05) is 11.1 Å². The predicted octanol–water partition coefficient (Wildman–Crippen LogP) is 10.3. The molecule has 0 amide bonds. The normalized spacial score (nSPS) is 11.6. The Bertz CT molecular complexity index is 1820. The first-order chi connectivity index (χ1) is 26.7. The van der Waals surface area contributed by atoms with Gasteiger partial charge in [-0.15, -0.1) is 0 Å². The smallest absolute Gasteiger partial charge is 0.126 e. The third-order valence-electron chi connectivity index (χ3n) is 10.2. The zero-order valence-electron chi connectivity index (χ0n) is 31.4. The number of ether oxygens (including phenoxy) is 2. The zero-order chi connectivity index (χ0) is 37.1. The molecule has 0 aromatic heterocycles.